The van der Waals surface area contributed by atoms with Crippen molar-refractivity contribution in [3.05, 3.63) is 65.2 Å². The van der Waals surface area contributed by atoms with Crippen LogP contribution in [0.25, 0.3) is 0 Å². The van der Waals surface area contributed by atoms with Gasteiger partial charge in [-0.25, -0.2) is 0 Å². The summed E-state index contributed by atoms with van der Waals surface area (Å²) >= 11 is 0. The molecule has 30 heavy (non-hydrogen) atoms. The molecule has 3 heteroatoms. The fourth-order valence-corrected chi connectivity index (χ4v) is 5.80. The molecular formula is C27H37N2O+. The molecule has 1 aliphatic carbocycles. The van der Waals surface area contributed by atoms with Crippen molar-refractivity contribution in [2.75, 3.05) is 18.4 Å². The Morgan fingerprint density at radius 3 is 2.20 bits per heavy atom. The number of carbonyl (C=O) groups excluding carboxylic acids is 1. The number of piperidine rings is 1. The molecule has 1 aliphatic heterocycles. The van der Waals surface area contributed by atoms with Crippen LogP contribution in [0.1, 0.15) is 61.6 Å². The van der Waals surface area contributed by atoms with E-state index in [0.29, 0.717) is 0 Å². The number of para-hydroxylation sites is 1. The van der Waals surface area contributed by atoms with Crippen LogP contribution in [0.4, 0.5) is 5.69 Å². The van der Waals surface area contributed by atoms with Gasteiger partial charge in [-0.2, -0.15) is 0 Å². The van der Waals surface area contributed by atoms with Gasteiger partial charge in [0, 0.05) is 18.5 Å². The predicted octanol–water partition coefficient (Wildman–Crippen LogP) is 4.48. The molecule has 0 unspecified atom stereocenters. The van der Waals surface area contributed by atoms with Crippen LogP contribution in [0.2, 0.25) is 0 Å². The Balaban J connectivity index is 1.46. The Kier molecular flexibility index (Phi) is 6.58. The normalized spacial score (nSPS) is 23.7. The van der Waals surface area contributed by atoms with Gasteiger partial charge in [0.2, 0.25) is 0 Å². The Bertz CT molecular complexity index is 826. The highest BCUT2D eigenvalue weighted by Crippen LogP contribution is 2.30. The molecule has 2 N–H and O–H groups in total. The molecule has 0 radical (unpaired) electrons. The lowest BCUT2D eigenvalue weighted by Crippen LogP contribution is -3.22. The molecule has 1 saturated heterocycles. The summed E-state index contributed by atoms with van der Waals surface area (Å²) in [5, 5.41) is 3.38. The number of rotatable bonds is 5. The lowest BCUT2D eigenvalue weighted by atomic mass is 9.77. The fourth-order valence-electron chi connectivity index (χ4n) is 5.80. The van der Waals surface area contributed by atoms with E-state index in [-0.39, 0.29) is 11.4 Å². The van der Waals surface area contributed by atoms with Gasteiger partial charge < -0.3 is 10.2 Å². The summed E-state index contributed by atoms with van der Waals surface area (Å²) in [6.07, 6.45) is 9.31. The third-order valence-corrected chi connectivity index (χ3v) is 7.61. The molecule has 0 spiro atoms. The van der Waals surface area contributed by atoms with Crippen LogP contribution < -0.4 is 10.2 Å². The van der Waals surface area contributed by atoms with Crippen LogP contribution in [-0.4, -0.2) is 24.5 Å². The first kappa shape index (κ1) is 21.1. The van der Waals surface area contributed by atoms with E-state index in [4.69, 9.17) is 0 Å². The predicted molar refractivity (Wildman–Crippen MR) is 124 cm³/mol. The Hall–Kier alpha value is -2.13. The smallest absolute Gasteiger partial charge is 0.285 e. The molecule has 1 saturated carbocycles. The molecule has 2 fully saturated rings. The van der Waals surface area contributed by atoms with Crippen molar-refractivity contribution in [1.82, 2.24) is 0 Å². The molecule has 160 valence electrons. The lowest BCUT2D eigenvalue weighted by Gasteiger charge is -2.45. The first-order chi connectivity index (χ1) is 14.6. The first-order valence-electron chi connectivity index (χ1n) is 11.9. The minimum Gasteiger partial charge on any atom is -0.322 e. The summed E-state index contributed by atoms with van der Waals surface area (Å²) in [7, 11) is 0. The van der Waals surface area contributed by atoms with Crippen molar-refractivity contribution in [1.29, 1.82) is 0 Å². The van der Waals surface area contributed by atoms with Crippen molar-refractivity contribution in [3.63, 3.8) is 0 Å². The van der Waals surface area contributed by atoms with Crippen molar-refractivity contribution in [3.8, 4) is 0 Å². The van der Waals surface area contributed by atoms with Crippen LogP contribution in [0.5, 0.6) is 0 Å². The number of carbonyl (C=O) groups is 1. The van der Waals surface area contributed by atoms with Crippen LogP contribution in [0.15, 0.2) is 48.5 Å². The zero-order chi connectivity index (χ0) is 21.0. The third-order valence-electron chi connectivity index (χ3n) is 7.61. The van der Waals surface area contributed by atoms with Gasteiger partial charge in [-0.15, -0.1) is 0 Å². The summed E-state index contributed by atoms with van der Waals surface area (Å²) in [4.78, 5) is 15.3. The number of amides is 1. The molecule has 2 aromatic rings. The van der Waals surface area contributed by atoms with Gasteiger partial charge in [-0.05, 0) is 68.6 Å². The van der Waals surface area contributed by atoms with E-state index in [0.717, 1.165) is 48.7 Å². The SMILES string of the molecule is Cc1cccc(C)c1NC(=O)C1([NH+]2CCC(Cc3ccccc3)CC2)CCCCC1. The number of aryl methyl sites for hydroxylation is 2. The highest BCUT2D eigenvalue weighted by molar-refractivity contribution is 5.98. The van der Waals surface area contributed by atoms with Crippen molar-refractivity contribution in [2.24, 2.45) is 5.92 Å². The minimum atomic E-state index is -0.245. The summed E-state index contributed by atoms with van der Waals surface area (Å²) < 4.78 is 0. The highest BCUT2D eigenvalue weighted by atomic mass is 16.2. The zero-order valence-corrected chi connectivity index (χ0v) is 18.7. The summed E-state index contributed by atoms with van der Waals surface area (Å²) in [6.45, 7) is 6.44. The first-order valence-corrected chi connectivity index (χ1v) is 11.9. The summed E-state index contributed by atoms with van der Waals surface area (Å²) in [6, 6.07) is 17.1. The number of likely N-dealkylation sites (tertiary alicyclic amines) is 1. The Labute approximate surface area is 181 Å². The second kappa shape index (κ2) is 9.34. The average molecular weight is 406 g/mol. The van der Waals surface area contributed by atoms with E-state index in [1.807, 2.05) is 0 Å². The van der Waals surface area contributed by atoms with Gasteiger partial charge >= 0.3 is 0 Å². The molecule has 2 aromatic carbocycles. The molecular weight excluding hydrogens is 368 g/mol. The monoisotopic (exact) mass is 405 g/mol. The molecule has 1 heterocycles. The largest absolute Gasteiger partial charge is 0.322 e. The maximum atomic E-state index is 13.7. The molecule has 0 bridgehead atoms. The van der Waals surface area contributed by atoms with E-state index in [1.54, 1.807) is 0 Å². The van der Waals surface area contributed by atoms with E-state index in [9.17, 15) is 4.79 Å². The number of anilines is 1. The van der Waals surface area contributed by atoms with E-state index >= 15 is 0 Å². The standard InChI is InChI=1S/C27H36N2O/c1-21-10-9-11-22(2)25(21)28-26(30)27(16-7-4-8-17-27)29-18-14-24(15-19-29)20-23-12-5-3-6-13-23/h3,5-6,9-13,24H,4,7-8,14-20H2,1-2H3,(H,28,30)/p+1. The van der Waals surface area contributed by atoms with Crippen LogP contribution >= 0.6 is 0 Å². The fraction of sp³-hybridized carbons (Fsp3) is 0.519. The molecule has 0 aromatic heterocycles. The number of quaternary nitrogens is 1. The van der Waals surface area contributed by atoms with Crippen LogP contribution in [0.3, 0.4) is 0 Å². The number of hydrogen-bond donors (Lipinski definition) is 2. The second-order valence-electron chi connectivity index (χ2n) is 9.60. The third kappa shape index (κ3) is 4.46. The lowest BCUT2D eigenvalue weighted by molar-refractivity contribution is -0.949. The molecule has 3 nitrogen and oxygen atoms in total. The van der Waals surface area contributed by atoms with Gasteiger partial charge in [-0.3, -0.25) is 4.79 Å². The van der Waals surface area contributed by atoms with E-state index in [1.165, 1.54) is 49.0 Å². The Morgan fingerprint density at radius 2 is 1.57 bits per heavy atom. The van der Waals surface area contributed by atoms with Gasteiger partial charge in [0.25, 0.3) is 5.91 Å². The molecule has 2 aliphatic rings. The van der Waals surface area contributed by atoms with Gasteiger partial charge in [0.1, 0.15) is 0 Å². The van der Waals surface area contributed by atoms with Crippen molar-refractivity contribution in [2.45, 2.75) is 70.8 Å². The number of hydrogen-bond acceptors (Lipinski definition) is 1. The van der Waals surface area contributed by atoms with E-state index in [2.05, 4.69) is 67.7 Å². The van der Waals surface area contributed by atoms with E-state index < -0.39 is 0 Å². The quantitative estimate of drug-likeness (QED) is 0.755. The number of benzene rings is 2. The highest BCUT2D eigenvalue weighted by Gasteiger charge is 2.49. The summed E-state index contributed by atoms with van der Waals surface area (Å²) in [5.41, 5.74) is 4.54. The molecule has 0 atom stereocenters. The number of nitrogens with one attached hydrogen (secondary N) is 2. The topological polar surface area (TPSA) is 33.5 Å². The van der Waals surface area contributed by atoms with Crippen LogP contribution in [-0.2, 0) is 11.2 Å². The Morgan fingerprint density at radius 1 is 0.933 bits per heavy atom. The average Bonchev–Trinajstić information content (AvgIpc) is 2.78. The maximum Gasteiger partial charge on any atom is 0.285 e. The molecule has 4 rings (SSSR count). The van der Waals surface area contributed by atoms with Gasteiger partial charge in [-0.1, -0.05) is 55.0 Å². The molecule has 1 amide bonds. The minimum absolute atomic E-state index is 0.245. The maximum absolute atomic E-state index is 13.7. The van der Waals surface area contributed by atoms with Crippen molar-refractivity contribution >= 4 is 11.6 Å². The van der Waals surface area contributed by atoms with Crippen LogP contribution in [0, 0.1) is 19.8 Å². The second-order valence-corrected chi connectivity index (χ2v) is 9.60. The zero-order valence-electron chi connectivity index (χ0n) is 18.7. The van der Waals surface area contributed by atoms with Gasteiger partial charge in [0.05, 0.1) is 13.1 Å². The van der Waals surface area contributed by atoms with Gasteiger partial charge in [0.15, 0.2) is 5.54 Å². The summed E-state index contributed by atoms with van der Waals surface area (Å²) in [5.74, 6) is 1.01. The van der Waals surface area contributed by atoms with Crippen molar-refractivity contribution < 1.29 is 9.69 Å².